The predicted octanol–water partition coefficient (Wildman–Crippen LogP) is -2.70. The zero-order valence-electron chi connectivity index (χ0n) is 51.9. The van der Waals surface area contributed by atoms with Gasteiger partial charge in [0.1, 0.15) is 34.5 Å². The second-order valence-electron chi connectivity index (χ2n) is 18.8. The zero-order valence-corrected chi connectivity index (χ0v) is 54.9. The number of methoxy groups -OCH3 is 2. The van der Waals surface area contributed by atoms with Gasteiger partial charge in [-0.05, 0) is 105 Å². The van der Waals surface area contributed by atoms with E-state index in [1.54, 1.807) is 53.7 Å². The Balaban J connectivity index is -0.000000337. The molecule has 0 spiro atoms. The van der Waals surface area contributed by atoms with Gasteiger partial charge in [0.2, 0.25) is 11.8 Å². The van der Waals surface area contributed by atoms with E-state index in [1.165, 1.54) is 51.6 Å². The van der Waals surface area contributed by atoms with Crippen molar-refractivity contribution in [3.8, 4) is 11.5 Å². The number of benzene rings is 2. The molecule has 0 saturated carbocycles. The maximum atomic E-state index is 11.8. The van der Waals surface area contributed by atoms with Gasteiger partial charge in [-0.15, -0.1) is 0 Å². The van der Waals surface area contributed by atoms with Crippen molar-refractivity contribution in [2.75, 3.05) is 14.2 Å². The van der Waals surface area contributed by atoms with E-state index in [9.17, 15) is 72.5 Å². The Morgan fingerprint density at radius 3 is 1.23 bits per heavy atom. The zero-order chi connectivity index (χ0) is 65.0. The number of phenols is 2. The molecule has 458 valence electrons. The molecule has 2 amide bonds. The topological polar surface area (TPSA) is 419 Å². The third-order valence-corrected chi connectivity index (χ3v) is 8.99. The Kier molecular flexibility index (Phi) is 44.4. The number of carbonyl (C=O) groups is 13. The van der Waals surface area contributed by atoms with Gasteiger partial charge in [0.25, 0.3) is 35.8 Å². The first-order valence-electron chi connectivity index (χ1n) is 25.4. The van der Waals surface area contributed by atoms with Gasteiger partial charge in [0.15, 0.2) is 0 Å². The van der Waals surface area contributed by atoms with Crippen LogP contribution >= 0.6 is 0 Å². The molecule has 0 bridgehead atoms. The minimum atomic E-state index is -2.41. The average Bonchev–Trinajstić information content (AvgIpc) is 3.38. The van der Waals surface area contributed by atoms with Crippen molar-refractivity contribution in [1.29, 1.82) is 0 Å². The molecule has 2 rings (SSSR count). The van der Waals surface area contributed by atoms with Crippen LogP contribution in [-0.2, 0) is 106 Å². The molecule has 0 aliphatic carbocycles. The number of esters is 4. The normalized spacial score (nSPS) is 11.0. The van der Waals surface area contributed by atoms with Crippen molar-refractivity contribution in [1.82, 2.24) is 0 Å². The van der Waals surface area contributed by atoms with Crippen LogP contribution in [0.15, 0.2) is 41.4 Å². The van der Waals surface area contributed by atoms with E-state index in [1.807, 2.05) is 0 Å². The summed E-state index contributed by atoms with van der Waals surface area (Å²) in [6, 6.07) is 7.84. The minimum absolute atomic E-state index is 0. The Bertz CT molecular complexity index is 2470. The summed E-state index contributed by atoms with van der Waals surface area (Å²) in [4.78, 5) is 147. The maximum Gasteiger partial charge on any atom is 1.00 e. The fourth-order valence-electron chi connectivity index (χ4n) is 5.82. The van der Waals surface area contributed by atoms with Crippen molar-refractivity contribution < 1.29 is 180 Å². The van der Waals surface area contributed by atoms with Crippen molar-refractivity contribution >= 4 is 98.1 Å². The molecular weight excluding hydrogens is 1130 g/mol. The number of phenolic OH excluding ortho intramolecular Hbond substituents is 2. The molecule has 28 nitrogen and oxygen atoms in total. The molecule has 0 radical (unpaired) electrons. The Morgan fingerprint density at radius 2 is 0.905 bits per heavy atom. The number of nitrogens with zero attached hydrogens (tertiary/aromatic N) is 1. The summed E-state index contributed by atoms with van der Waals surface area (Å²) < 4.78 is 52.6. The molecule has 0 fully saturated rings. The summed E-state index contributed by atoms with van der Waals surface area (Å²) in [6.07, 6.45) is 2.01. The summed E-state index contributed by atoms with van der Waals surface area (Å²) in [5, 5.41) is 20.0. The number of Topliss-reactive ketones (excluding diaryl/α,β-unsaturated/α-hetero) is 1. The van der Waals surface area contributed by atoms with Crippen molar-refractivity contribution in [3.05, 3.63) is 58.7 Å². The number of hydrogen-bond donors (Lipinski definition) is 4. The first-order chi connectivity index (χ1) is 38.2. The third-order valence-electron chi connectivity index (χ3n) is 8.99. The molecule has 2 aromatic carbocycles. The number of aromatic hydroxyl groups is 2. The summed E-state index contributed by atoms with van der Waals surface area (Å²) in [6.45, 7) is 18.5. The van der Waals surface area contributed by atoms with Gasteiger partial charge >= 0.3 is 97.6 Å². The van der Waals surface area contributed by atoms with Gasteiger partial charge in [0.05, 0.1) is 25.3 Å². The predicted molar refractivity (Wildman–Crippen MR) is 292 cm³/mol. The van der Waals surface area contributed by atoms with Crippen LogP contribution < -0.4 is 70.6 Å². The molecular formula is C52H77B2N3Na2O25. The van der Waals surface area contributed by atoms with Crippen LogP contribution in [0.3, 0.4) is 0 Å². The number of hydrogen-bond acceptors (Lipinski definition) is 26. The van der Waals surface area contributed by atoms with E-state index in [2.05, 4.69) is 37.7 Å². The second-order valence-corrected chi connectivity index (χ2v) is 18.8. The quantitative estimate of drug-likeness (QED) is 0.0427. The molecule has 2 aromatic rings. The number of carbonyl (C=O) groups excluding carboxylic acids is 13. The summed E-state index contributed by atoms with van der Waals surface area (Å²) in [7, 11) is -2.36. The van der Waals surface area contributed by atoms with Crippen LogP contribution in [0.4, 0.5) is 0 Å². The van der Waals surface area contributed by atoms with Crippen LogP contribution in [0.25, 0.3) is 0 Å². The Morgan fingerprint density at radius 1 is 0.560 bits per heavy atom. The van der Waals surface area contributed by atoms with E-state index in [-0.39, 0.29) is 132 Å². The standard InChI is InChI=1S/C19H27NO6.C18H24N2O6.2C6H10BO6.C3H6O.2Na/c1-19(2,3)26-16(22)11-9-12(17(20)23)8-10-13-14(18(24)25-4)6-5-7-15(13)21;1-18(2,3)26-15(22)9-8-13(16(19)23)20-10-12-11(17(24)25-4)6-5-7-14(12)21;2*1-4(8)11-7(12-5(2)9)13-6(3)10;1-3(2)4;;/h5-7,12,21H,8-11H2,1-4H3,(H2,20,23);5-7,10,13,21H,8-9H2,1-4H3,(H2,19,23);2*7H,1-3H3;1-2H3;;/q;;2*-1;;2*+1/t12-;13-;;;;;/m00...../s1/i;;;;1D;;. The molecule has 6 N–H and O–H groups in total. The summed E-state index contributed by atoms with van der Waals surface area (Å²) >= 11 is 0. The van der Waals surface area contributed by atoms with Gasteiger partial charge in [0, 0.05) is 79.0 Å². The van der Waals surface area contributed by atoms with Crippen LogP contribution in [0.5, 0.6) is 11.5 Å². The molecule has 0 aliphatic rings. The number of ketones is 1. The van der Waals surface area contributed by atoms with Gasteiger partial charge in [-0.1, -0.05) is 12.1 Å². The largest absolute Gasteiger partial charge is 1.00 e. The number of amides is 2. The molecule has 84 heavy (non-hydrogen) atoms. The van der Waals surface area contributed by atoms with Crippen molar-refractivity contribution in [3.63, 3.8) is 0 Å². The SMILES string of the molecule is CC(=O)O[BH-](OC(C)=O)OC(C)=O.CC(=O)O[BH-](OC(C)=O)OC(C)=O.COC(=O)c1cccc(O)c1C=N[C@@H](CCC(=O)OC(C)(C)C)C(N)=O.COC(=O)c1cccc(O)c1CC[C@@H](CCC(=O)OC(C)(C)C)C(N)=O.[2H]CC(C)=O.[Na+].[Na+]. The van der Waals surface area contributed by atoms with Gasteiger partial charge < -0.3 is 73.3 Å². The van der Waals surface area contributed by atoms with Crippen LogP contribution in [0.2, 0.25) is 0 Å². The Labute approximate surface area is 534 Å². The first-order valence-corrected chi connectivity index (χ1v) is 24.7. The second kappa shape index (κ2) is 44.6. The van der Waals surface area contributed by atoms with E-state index in [0.717, 1.165) is 41.5 Å². The molecule has 2 atom stereocenters. The summed E-state index contributed by atoms with van der Waals surface area (Å²) in [5.74, 6) is -8.36. The molecule has 0 unspecified atom stereocenters. The van der Waals surface area contributed by atoms with Gasteiger partial charge in [-0.25, -0.2) is 9.59 Å². The smallest absolute Gasteiger partial charge is 0.625 e. The minimum Gasteiger partial charge on any atom is -0.625 e. The molecule has 0 aromatic heterocycles. The molecule has 0 aliphatic heterocycles. The van der Waals surface area contributed by atoms with Crippen LogP contribution in [0.1, 0.15) is 162 Å². The van der Waals surface area contributed by atoms with E-state index < -0.39 is 109 Å². The van der Waals surface area contributed by atoms with E-state index >= 15 is 0 Å². The van der Waals surface area contributed by atoms with Crippen LogP contribution in [-0.4, -0.2) is 140 Å². The van der Waals surface area contributed by atoms with Crippen molar-refractivity contribution in [2.24, 2.45) is 22.4 Å². The van der Waals surface area contributed by atoms with E-state index in [0.29, 0.717) is 12.0 Å². The number of nitrogens with two attached hydrogens (primary N) is 2. The average molecular weight is 1210 g/mol. The maximum absolute atomic E-state index is 11.8. The number of primary amides is 2. The Hall–Kier alpha value is -6.85. The van der Waals surface area contributed by atoms with E-state index in [4.69, 9.17) is 27.0 Å². The molecule has 32 heteroatoms. The van der Waals surface area contributed by atoms with Crippen LogP contribution in [0, 0.1) is 5.92 Å². The molecule has 0 heterocycles. The third kappa shape index (κ3) is 45.6. The molecule has 0 saturated heterocycles. The fourth-order valence-corrected chi connectivity index (χ4v) is 5.82. The fraction of sp³-hybridized carbons (Fsp3) is 0.500. The number of ether oxygens (including phenoxy) is 4. The monoisotopic (exact) mass is 1210 g/mol. The van der Waals surface area contributed by atoms with Crippen molar-refractivity contribution in [2.45, 2.75) is 153 Å². The summed E-state index contributed by atoms with van der Waals surface area (Å²) in [5.41, 5.74) is 10.3. The number of aliphatic imine (C=N–C) groups is 1. The van der Waals surface area contributed by atoms with Gasteiger partial charge in [-0.3, -0.25) is 52.9 Å². The first kappa shape index (κ1) is 83.6. The van der Waals surface area contributed by atoms with Gasteiger partial charge in [-0.2, -0.15) is 0 Å². The number of rotatable bonds is 21.